The smallest absolute Gasteiger partial charge is 0.394 e. The first-order chi connectivity index (χ1) is 20.2. The SMILES string of the molecule is Nc1nc(=O)n(C2CC(O)C(CO)O2)cc1C#CCNC(=O)C(F)(F)F.Nc1nc(=O)n(C2CC(O)C(CO)O2)cc1I. The molecule has 4 rings (SSSR count). The van der Waals surface area contributed by atoms with Crippen LogP contribution in [0, 0.1) is 15.4 Å². The van der Waals surface area contributed by atoms with Gasteiger partial charge in [0.15, 0.2) is 0 Å². The Kier molecular flexibility index (Phi) is 11.5. The predicted octanol–water partition coefficient (Wildman–Crippen LogP) is -2.43. The van der Waals surface area contributed by atoms with Crippen molar-refractivity contribution in [3.63, 3.8) is 0 Å². The average Bonchev–Trinajstić information content (AvgIpc) is 3.50. The fraction of sp³-hybridized carbons (Fsp3) is 0.522. The number of nitrogens with two attached hydrogens (primary N) is 2. The van der Waals surface area contributed by atoms with Gasteiger partial charge in [-0.15, -0.1) is 0 Å². The van der Waals surface area contributed by atoms with Gasteiger partial charge < -0.3 is 46.7 Å². The molecule has 9 N–H and O–H groups in total. The monoisotopic (exact) mass is 729 g/mol. The van der Waals surface area contributed by atoms with Crippen molar-refractivity contribution in [1.29, 1.82) is 0 Å². The van der Waals surface area contributed by atoms with Gasteiger partial charge in [0.05, 0.1) is 41.1 Å². The molecule has 2 saturated heterocycles. The Morgan fingerprint density at radius 1 is 1.00 bits per heavy atom. The van der Waals surface area contributed by atoms with Gasteiger partial charge in [-0.3, -0.25) is 13.9 Å². The minimum absolute atomic E-state index is 0.0191. The molecular weight excluding hydrogens is 702 g/mol. The molecule has 2 aliphatic heterocycles. The van der Waals surface area contributed by atoms with Gasteiger partial charge in [0.25, 0.3) is 0 Å². The molecule has 0 radical (unpaired) electrons. The highest BCUT2D eigenvalue weighted by Gasteiger charge is 2.38. The highest BCUT2D eigenvalue weighted by molar-refractivity contribution is 14.1. The maximum absolute atomic E-state index is 12.0. The quantitative estimate of drug-likeness (QED) is 0.125. The molecule has 16 nitrogen and oxygen atoms in total. The van der Waals surface area contributed by atoms with Crippen LogP contribution in [-0.4, -0.2) is 95.8 Å². The second-order valence-electron chi connectivity index (χ2n) is 9.11. The minimum Gasteiger partial charge on any atom is -0.394 e. The van der Waals surface area contributed by atoms with Crippen molar-refractivity contribution in [3.05, 3.63) is 42.5 Å². The number of carbonyl (C=O) groups excluding carboxylic acids is 1. The number of nitrogen functional groups attached to an aromatic ring is 2. The Labute approximate surface area is 253 Å². The molecular formula is C23H27F3IN7O9. The number of carbonyl (C=O) groups is 1. The average molecular weight is 729 g/mol. The Morgan fingerprint density at radius 3 is 1.95 bits per heavy atom. The summed E-state index contributed by atoms with van der Waals surface area (Å²) >= 11 is 1.96. The zero-order valence-corrected chi connectivity index (χ0v) is 24.1. The Bertz CT molecular complexity index is 1490. The highest BCUT2D eigenvalue weighted by atomic mass is 127. The number of aliphatic hydroxyl groups excluding tert-OH is 4. The van der Waals surface area contributed by atoms with Crippen LogP contribution in [0.5, 0.6) is 0 Å². The van der Waals surface area contributed by atoms with E-state index in [1.165, 1.54) is 17.0 Å². The zero-order chi connectivity index (χ0) is 32.1. The number of halogens is 4. The van der Waals surface area contributed by atoms with Crippen molar-refractivity contribution in [2.24, 2.45) is 0 Å². The first-order valence-corrected chi connectivity index (χ1v) is 13.4. The number of aromatic nitrogens is 4. The first-order valence-electron chi connectivity index (χ1n) is 12.3. The van der Waals surface area contributed by atoms with Gasteiger partial charge in [0.1, 0.15) is 36.3 Å². The van der Waals surface area contributed by atoms with Crippen LogP contribution in [-0.2, 0) is 14.3 Å². The zero-order valence-electron chi connectivity index (χ0n) is 21.9. The summed E-state index contributed by atoms with van der Waals surface area (Å²) in [5.41, 5.74) is 9.78. The summed E-state index contributed by atoms with van der Waals surface area (Å²) in [6.07, 6.45) is -6.86. The third-order valence-corrected chi connectivity index (χ3v) is 6.95. The number of amides is 1. The second kappa shape index (κ2) is 14.4. The Hall–Kier alpha value is -3.33. The number of anilines is 2. The largest absolute Gasteiger partial charge is 0.471 e. The number of rotatable bonds is 5. The summed E-state index contributed by atoms with van der Waals surface area (Å²) in [6, 6.07) is 0. The minimum atomic E-state index is -5.01. The van der Waals surface area contributed by atoms with E-state index < -0.39 is 73.5 Å². The fourth-order valence-corrected chi connectivity index (χ4v) is 4.33. The molecule has 0 bridgehead atoms. The highest BCUT2D eigenvalue weighted by Crippen LogP contribution is 2.29. The van der Waals surface area contributed by atoms with E-state index in [0.29, 0.717) is 3.57 Å². The van der Waals surface area contributed by atoms with E-state index >= 15 is 0 Å². The number of aliphatic hydroxyl groups is 4. The molecule has 0 aromatic carbocycles. The van der Waals surface area contributed by atoms with Crippen molar-refractivity contribution >= 4 is 40.1 Å². The summed E-state index contributed by atoms with van der Waals surface area (Å²) in [4.78, 5) is 41.4. The summed E-state index contributed by atoms with van der Waals surface area (Å²) in [7, 11) is 0. The standard InChI is InChI=1S/C14H15F3N4O5.C9H12IN3O4/c15-14(16,17)12(24)19-3-1-2-7-5-21(13(25)20-11(7)18)10-4-8(23)9(6-22)26-10;10-4-2-13(9(16)12-8(4)11)7-1-5(15)6(3-14)17-7/h5,8-10,22-23H,3-4,6H2,(H,19,24)(H2,18,20,25);2,5-7,14-15H,1,3H2,(H2,11,12,16). The van der Waals surface area contributed by atoms with Crippen LogP contribution in [0.3, 0.4) is 0 Å². The molecule has 0 saturated carbocycles. The van der Waals surface area contributed by atoms with E-state index in [1.807, 2.05) is 22.6 Å². The van der Waals surface area contributed by atoms with Crippen LogP contribution in [0.15, 0.2) is 22.0 Å². The molecule has 2 aromatic rings. The van der Waals surface area contributed by atoms with Gasteiger partial charge in [-0.2, -0.15) is 23.1 Å². The van der Waals surface area contributed by atoms with Crippen molar-refractivity contribution in [2.45, 2.75) is 55.9 Å². The molecule has 1 amide bonds. The second-order valence-corrected chi connectivity index (χ2v) is 10.3. The first kappa shape index (κ1) is 34.2. The number of ether oxygens (including phenoxy) is 2. The molecule has 6 atom stereocenters. The van der Waals surface area contributed by atoms with Crippen molar-refractivity contribution < 1.29 is 47.9 Å². The van der Waals surface area contributed by atoms with Gasteiger partial charge in [-0.1, -0.05) is 11.8 Å². The van der Waals surface area contributed by atoms with Crippen LogP contribution in [0.1, 0.15) is 30.9 Å². The summed E-state index contributed by atoms with van der Waals surface area (Å²) < 4.78 is 49.7. The van der Waals surface area contributed by atoms with Crippen molar-refractivity contribution in [1.82, 2.24) is 24.4 Å². The lowest BCUT2D eigenvalue weighted by molar-refractivity contribution is -0.173. The molecule has 20 heteroatoms. The van der Waals surface area contributed by atoms with Crippen LogP contribution >= 0.6 is 22.6 Å². The van der Waals surface area contributed by atoms with Crippen molar-refractivity contribution in [3.8, 4) is 11.8 Å². The van der Waals surface area contributed by atoms with E-state index in [1.54, 1.807) is 5.32 Å². The van der Waals surface area contributed by atoms with Gasteiger partial charge in [-0.05, 0) is 22.6 Å². The van der Waals surface area contributed by atoms with Crippen LogP contribution in [0.25, 0.3) is 0 Å². The molecule has 236 valence electrons. The molecule has 0 spiro atoms. The van der Waals surface area contributed by atoms with E-state index in [9.17, 15) is 37.8 Å². The number of hydrogen-bond donors (Lipinski definition) is 7. The van der Waals surface area contributed by atoms with Gasteiger partial charge >= 0.3 is 23.5 Å². The fourth-order valence-electron chi connectivity index (χ4n) is 3.91. The van der Waals surface area contributed by atoms with Crippen LogP contribution < -0.4 is 28.2 Å². The molecule has 43 heavy (non-hydrogen) atoms. The lowest BCUT2D eigenvalue weighted by Gasteiger charge is -2.15. The number of nitrogens with zero attached hydrogens (tertiary/aromatic N) is 4. The van der Waals surface area contributed by atoms with Crippen LogP contribution in [0.2, 0.25) is 0 Å². The molecule has 0 aliphatic carbocycles. The lowest BCUT2D eigenvalue weighted by atomic mass is 10.2. The Morgan fingerprint density at radius 2 is 1.49 bits per heavy atom. The van der Waals surface area contributed by atoms with E-state index in [-0.39, 0.29) is 36.6 Å². The van der Waals surface area contributed by atoms with Gasteiger partial charge in [0, 0.05) is 25.2 Å². The number of alkyl halides is 3. The lowest BCUT2D eigenvalue weighted by Crippen LogP contribution is -2.36. The predicted molar refractivity (Wildman–Crippen MR) is 148 cm³/mol. The van der Waals surface area contributed by atoms with Gasteiger partial charge in [0.2, 0.25) is 0 Å². The molecule has 2 aromatic heterocycles. The molecule has 6 unspecified atom stereocenters. The third-order valence-electron chi connectivity index (χ3n) is 6.12. The number of nitrogens with one attached hydrogen (secondary N) is 1. The molecule has 4 heterocycles. The van der Waals surface area contributed by atoms with E-state index in [4.69, 9.17) is 31.2 Å². The summed E-state index contributed by atoms with van der Waals surface area (Å²) in [5, 5.41) is 38.9. The normalized spacial score (nSPS) is 24.9. The molecule has 2 fully saturated rings. The maximum atomic E-state index is 12.0. The third kappa shape index (κ3) is 8.62. The van der Waals surface area contributed by atoms with Gasteiger partial charge in [-0.25, -0.2) is 9.59 Å². The van der Waals surface area contributed by atoms with E-state index in [0.717, 1.165) is 4.57 Å². The maximum Gasteiger partial charge on any atom is 0.471 e. The summed E-state index contributed by atoms with van der Waals surface area (Å²) in [5.74, 6) is 2.45. The van der Waals surface area contributed by atoms with Crippen molar-refractivity contribution in [2.75, 3.05) is 31.2 Å². The Balaban J connectivity index is 0.000000257. The van der Waals surface area contributed by atoms with E-state index in [2.05, 4.69) is 21.8 Å². The summed E-state index contributed by atoms with van der Waals surface area (Å²) in [6.45, 7) is -1.32. The number of hydrogen-bond acceptors (Lipinski definition) is 13. The molecule has 2 aliphatic rings. The topological polar surface area (TPSA) is 250 Å². The van der Waals surface area contributed by atoms with Crippen LogP contribution in [0.4, 0.5) is 24.8 Å².